The summed E-state index contributed by atoms with van der Waals surface area (Å²) in [6, 6.07) is 4.77. The Labute approximate surface area is 237 Å². The van der Waals surface area contributed by atoms with Gasteiger partial charge in [0.05, 0.1) is 32.0 Å². The van der Waals surface area contributed by atoms with Gasteiger partial charge in [-0.25, -0.2) is 13.4 Å². The number of carbonyl (C=O) groups is 1. The molecule has 1 N–H and O–H groups in total. The van der Waals surface area contributed by atoms with Crippen LogP contribution in [-0.4, -0.2) is 66.9 Å². The van der Waals surface area contributed by atoms with Crippen LogP contribution >= 0.6 is 0 Å². The highest BCUT2D eigenvalue weighted by atomic mass is 32.2. The van der Waals surface area contributed by atoms with E-state index in [1.165, 1.54) is 17.7 Å². The number of aromatic nitrogens is 2. The number of piperidine rings is 1. The van der Waals surface area contributed by atoms with Gasteiger partial charge in [-0.2, -0.15) is 0 Å². The van der Waals surface area contributed by atoms with Crippen molar-refractivity contribution in [3.05, 3.63) is 53.7 Å². The first kappa shape index (κ1) is 28.7. The van der Waals surface area contributed by atoms with E-state index in [2.05, 4.69) is 29.9 Å². The van der Waals surface area contributed by atoms with Crippen LogP contribution in [0, 0.1) is 29.4 Å². The number of amides is 1. The molecule has 2 aromatic heterocycles. The topological polar surface area (TPSA) is 82.3 Å². The normalized spacial score (nSPS) is 21.3. The fraction of sp³-hybridized carbons (Fsp3) is 0.548. The Hall–Kier alpha value is -2.78. The molecule has 7 nitrogen and oxygen atoms in total. The Kier molecular flexibility index (Phi) is 8.08. The van der Waals surface area contributed by atoms with Gasteiger partial charge < -0.3 is 14.4 Å². The highest BCUT2D eigenvalue weighted by molar-refractivity contribution is 7.93. The molecule has 1 aromatic carbocycles. The predicted octanol–water partition coefficient (Wildman–Crippen LogP) is 5.80. The van der Waals surface area contributed by atoms with E-state index in [9.17, 15) is 13.4 Å². The molecule has 2 aliphatic rings. The van der Waals surface area contributed by atoms with Crippen molar-refractivity contribution in [1.29, 1.82) is 4.78 Å². The van der Waals surface area contributed by atoms with E-state index in [-0.39, 0.29) is 10.8 Å². The van der Waals surface area contributed by atoms with Crippen LogP contribution in [0.15, 0.2) is 41.7 Å². The Bertz CT molecular complexity index is 1510. The van der Waals surface area contributed by atoms with E-state index >= 15 is 0 Å². The highest BCUT2D eigenvalue weighted by Crippen LogP contribution is 2.35. The summed E-state index contributed by atoms with van der Waals surface area (Å²) in [6.45, 7) is 13.4. The summed E-state index contributed by atoms with van der Waals surface area (Å²) >= 11 is 0. The Balaban J connectivity index is 1.41. The van der Waals surface area contributed by atoms with Crippen molar-refractivity contribution in [2.24, 2.45) is 11.8 Å². The average Bonchev–Trinajstić information content (AvgIpc) is 3.54. The van der Waals surface area contributed by atoms with E-state index in [4.69, 9.17) is 4.78 Å². The first-order chi connectivity index (χ1) is 19.0. The van der Waals surface area contributed by atoms with Gasteiger partial charge >= 0.3 is 0 Å². The highest BCUT2D eigenvalue weighted by Gasteiger charge is 2.33. The zero-order valence-electron chi connectivity index (χ0n) is 24.3. The number of nitrogens with one attached hydrogen (secondary N) is 1. The van der Waals surface area contributed by atoms with Gasteiger partial charge in [-0.05, 0) is 101 Å². The number of benzene rings is 1. The van der Waals surface area contributed by atoms with Gasteiger partial charge in [0, 0.05) is 55.6 Å². The van der Waals surface area contributed by atoms with Gasteiger partial charge in [0.15, 0.2) is 0 Å². The quantitative estimate of drug-likeness (QED) is 0.391. The summed E-state index contributed by atoms with van der Waals surface area (Å²) in [5.74, 6) is 0.814. The lowest BCUT2D eigenvalue weighted by Crippen LogP contribution is -2.44. The van der Waals surface area contributed by atoms with Crippen LogP contribution in [0.2, 0.25) is 0 Å². The van der Waals surface area contributed by atoms with Crippen LogP contribution in [0.4, 0.5) is 4.39 Å². The summed E-state index contributed by atoms with van der Waals surface area (Å²) < 4.78 is 38.4. The number of carbonyl (C=O) groups excluding carboxylic acids is 1. The number of hydrogen-bond donors (Lipinski definition) is 1. The lowest BCUT2D eigenvalue weighted by atomic mass is 9.89. The van der Waals surface area contributed by atoms with Crippen molar-refractivity contribution >= 4 is 26.5 Å². The number of aryl methyl sites for hydroxylation is 1. The predicted molar refractivity (Wildman–Crippen MR) is 158 cm³/mol. The lowest BCUT2D eigenvalue weighted by Gasteiger charge is -2.38. The number of likely N-dealkylation sites (tertiary alicyclic amines) is 2. The monoisotopic (exact) mass is 567 g/mol. The standard InChI is InChI=1S/C31H42FN5O2S/c1-20(2)40(33,39)30-15-27(32)6-7-28(30)37-19-26(31-21(3)16-34-17-29(31)37)14-24-8-11-36(18-24)22(4)25-9-12-35(13-10-25)23(5)38/h6-7,15-17,19-20,22,24-25,33H,8-14,18H2,1-5H3/t22-,24+,40+/m0/s1. The Morgan fingerprint density at radius 3 is 2.55 bits per heavy atom. The molecule has 0 unspecified atom stereocenters. The van der Waals surface area contributed by atoms with E-state index in [0.29, 0.717) is 23.6 Å². The van der Waals surface area contributed by atoms with E-state index in [1.807, 2.05) is 21.9 Å². The first-order valence-corrected chi connectivity index (χ1v) is 16.1. The molecule has 1 amide bonds. The smallest absolute Gasteiger partial charge is 0.219 e. The van der Waals surface area contributed by atoms with Crippen molar-refractivity contribution in [2.45, 2.75) is 76.5 Å². The largest absolute Gasteiger partial charge is 0.343 e. The van der Waals surface area contributed by atoms with Crippen LogP contribution in [0.25, 0.3) is 16.6 Å². The maximum atomic E-state index is 14.3. The summed E-state index contributed by atoms with van der Waals surface area (Å²) in [5, 5.41) is 0.685. The molecule has 3 atom stereocenters. The van der Waals surface area contributed by atoms with Gasteiger partial charge in [-0.3, -0.25) is 9.78 Å². The fourth-order valence-corrected chi connectivity index (χ4v) is 7.96. The van der Waals surface area contributed by atoms with Gasteiger partial charge in [0.2, 0.25) is 5.91 Å². The van der Waals surface area contributed by atoms with Crippen LogP contribution < -0.4 is 0 Å². The zero-order chi connectivity index (χ0) is 28.8. The molecule has 0 aliphatic carbocycles. The third-order valence-electron chi connectivity index (χ3n) is 9.22. The second-order valence-electron chi connectivity index (χ2n) is 12.1. The molecule has 216 valence electrons. The SMILES string of the molecule is CC(=O)N1CCC([C@H](C)N2CC[C@H](Cc3cn(-c4ccc(F)cc4[S@](=N)(=O)C(C)C)c4cncc(C)c34)C2)CC1. The maximum absolute atomic E-state index is 14.3. The van der Waals surface area contributed by atoms with Crippen LogP contribution in [0.5, 0.6) is 0 Å². The second-order valence-corrected chi connectivity index (χ2v) is 14.7. The van der Waals surface area contributed by atoms with Crippen LogP contribution in [-0.2, 0) is 20.9 Å². The minimum atomic E-state index is -3.22. The molecule has 0 saturated carbocycles. The number of pyridine rings is 1. The molecule has 0 bridgehead atoms. The zero-order valence-corrected chi connectivity index (χ0v) is 25.1. The number of rotatable bonds is 7. The summed E-state index contributed by atoms with van der Waals surface area (Å²) in [7, 11) is -3.22. The minimum Gasteiger partial charge on any atom is -0.343 e. The second kappa shape index (κ2) is 11.2. The molecule has 0 radical (unpaired) electrons. The third-order valence-corrected chi connectivity index (χ3v) is 11.5. The minimum absolute atomic E-state index is 0.180. The van der Waals surface area contributed by atoms with E-state index < -0.39 is 20.8 Å². The number of halogens is 1. The summed E-state index contributed by atoms with van der Waals surface area (Å²) in [6.07, 6.45) is 9.96. The van der Waals surface area contributed by atoms with Gasteiger partial charge in [0.1, 0.15) is 5.82 Å². The van der Waals surface area contributed by atoms with Crippen LogP contribution in [0.3, 0.4) is 0 Å². The Morgan fingerprint density at radius 2 is 1.88 bits per heavy atom. The lowest BCUT2D eigenvalue weighted by molar-refractivity contribution is -0.130. The van der Waals surface area contributed by atoms with Gasteiger partial charge in [-0.1, -0.05) is 0 Å². The molecule has 40 heavy (non-hydrogen) atoms. The van der Waals surface area contributed by atoms with Crippen molar-refractivity contribution in [3.8, 4) is 5.69 Å². The average molecular weight is 568 g/mol. The maximum Gasteiger partial charge on any atom is 0.219 e. The summed E-state index contributed by atoms with van der Waals surface area (Å²) in [4.78, 5) is 21.0. The molecule has 0 spiro atoms. The molecular formula is C31H42FN5O2S. The number of hydrogen-bond acceptors (Lipinski definition) is 5. The van der Waals surface area contributed by atoms with Gasteiger partial charge in [0.25, 0.3) is 0 Å². The molecule has 3 aromatic rings. The molecule has 2 saturated heterocycles. The van der Waals surface area contributed by atoms with Gasteiger partial charge in [-0.15, -0.1) is 0 Å². The molecule has 9 heteroatoms. The van der Waals surface area contributed by atoms with Crippen LogP contribution in [0.1, 0.15) is 58.1 Å². The first-order valence-electron chi connectivity index (χ1n) is 14.5. The molecular weight excluding hydrogens is 525 g/mol. The molecule has 5 rings (SSSR count). The fourth-order valence-electron chi connectivity index (χ4n) is 6.68. The van der Waals surface area contributed by atoms with Crippen molar-refractivity contribution in [3.63, 3.8) is 0 Å². The van der Waals surface area contributed by atoms with Crippen molar-refractivity contribution < 1.29 is 13.4 Å². The number of nitrogens with zero attached hydrogens (tertiary/aromatic N) is 4. The molecule has 2 fully saturated rings. The van der Waals surface area contributed by atoms with E-state index in [0.717, 1.165) is 68.3 Å². The van der Waals surface area contributed by atoms with Crippen molar-refractivity contribution in [1.82, 2.24) is 19.4 Å². The third kappa shape index (κ3) is 5.42. The molecule has 4 heterocycles. The Morgan fingerprint density at radius 1 is 1.15 bits per heavy atom. The molecule has 2 aliphatic heterocycles. The number of fused-ring (bicyclic) bond motifs is 1. The summed E-state index contributed by atoms with van der Waals surface area (Å²) in [5.41, 5.74) is 3.76. The van der Waals surface area contributed by atoms with E-state index in [1.54, 1.807) is 26.8 Å². The van der Waals surface area contributed by atoms with Crippen molar-refractivity contribution in [2.75, 3.05) is 26.2 Å².